The maximum Gasteiger partial charge on any atom is 0.308 e. The number of carboxylic acids is 1. The second-order valence-electron chi connectivity index (χ2n) is 4.58. The molecule has 6 heteroatoms. The Balaban J connectivity index is 2.12. The van der Waals surface area contributed by atoms with E-state index in [1.165, 1.54) is 12.1 Å². The largest absolute Gasteiger partial charge is 0.481 e. The highest BCUT2D eigenvalue weighted by molar-refractivity contribution is 6.31. The van der Waals surface area contributed by atoms with Crippen molar-refractivity contribution < 1.29 is 19.1 Å². The normalized spacial score (nSPS) is 22.2. The molecule has 2 atom stereocenters. The van der Waals surface area contributed by atoms with Crippen LogP contribution in [0.25, 0.3) is 0 Å². The van der Waals surface area contributed by atoms with Gasteiger partial charge < -0.3 is 10.4 Å². The van der Waals surface area contributed by atoms with E-state index in [1.807, 2.05) is 0 Å². The highest BCUT2D eigenvalue weighted by Gasteiger charge is 2.34. The summed E-state index contributed by atoms with van der Waals surface area (Å²) in [6, 6.07) is 3.24. The average molecular weight is 286 g/mol. The first-order valence-corrected chi connectivity index (χ1v) is 6.35. The van der Waals surface area contributed by atoms with Crippen LogP contribution in [-0.4, -0.2) is 23.0 Å². The predicted octanol–water partition coefficient (Wildman–Crippen LogP) is 2.46. The molecule has 0 saturated heterocycles. The number of carboxylic acid groups (broad SMARTS) is 1. The first-order chi connectivity index (χ1) is 8.99. The minimum Gasteiger partial charge on any atom is -0.481 e. The summed E-state index contributed by atoms with van der Waals surface area (Å²) in [7, 11) is 0. The maximum atomic E-state index is 13.5. The quantitative estimate of drug-likeness (QED) is 0.896. The van der Waals surface area contributed by atoms with Gasteiger partial charge in [0.05, 0.1) is 11.5 Å². The molecule has 2 unspecified atom stereocenters. The Hall–Kier alpha value is -1.62. The Morgan fingerprint density at radius 1 is 1.37 bits per heavy atom. The van der Waals surface area contributed by atoms with Crippen LogP contribution in [0.1, 0.15) is 29.6 Å². The lowest BCUT2D eigenvalue weighted by atomic mass is 10.0. The molecule has 2 rings (SSSR count). The molecule has 1 aliphatic carbocycles. The highest BCUT2D eigenvalue weighted by Crippen LogP contribution is 2.26. The Kier molecular flexibility index (Phi) is 4.04. The summed E-state index contributed by atoms with van der Waals surface area (Å²) in [4.78, 5) is 22.9. The van der Waals surface area contributed by atoms with Crippen molar-refractivity contribution in [2.45, 2.75) is 25.3 Å². The van der Waals surface area contributed by atoms with Gasteiger partial charge in [-0.05, 0) is 31.0 Å². The standard InChI is InChI=1S/C13H13ClFNO3/c14-7-4-5-10(15)9(6-7)12(17)16-11-3-1-2-8(11)13(18)19/h4-6,8,11H,1-3H2,(H,16,17)(H,18,19). The van der Waals surface area contributed by atoms with Crippen LogP contribution in [0.3, 0.4) is 0 Å². The average Bonchev–Trinajstić information content (AvgIpc) is 2.80. The third-order valence-electron chi connectivity index (χ3n) is 3.32. The zero-order valence-corrected chi connectivity index (χ0v) is 10.8. The Bertz CT molecular complexity index is 521. The molecule has 1 aliphatic rings. The first-order valence-electron chi connectivity index (χ1n) is 5.98. The van der Waals surface area contributed by atoms with E-state index in [0.29, 0.717) is 12.8 Å². The lowest BCUT2D eigenvalue weighted by Crippen LogP contribution is -2.40. The van der Waals surface area contributed by atoms with E-state index >= 15 is 0 Å². The van der Waals surface area contributed by atoms with Crippen LogP contribution < -0.4 is 5.32 Å². The molecular formula is C13H13ClFNO3. The highest BCUT2D eigenvalue weighted by atomic mass is 35.5. The number of aliphatic carboxylic acids is 1. The fraction of sp³-hybridized carbons (Fsp3) is 0.385. The number of hydrogen-bond acceptors (Lipinski definition) is 2. The molecule has 2 N–H and O–H groups in total. The van der Waals surface area contributed by atoms with Crippen molar-refractivity contribution >= 4 is 23.5 Å². The molecule has 0 aromatic heterocycles. The van der Waals surface area contributed by atoms with Crippen molar-refractivity contribution in [2.24, 2.45) is 5.92 Å². The first kappa shape index (κ1) is 13.8. The van der Waals surface area contributed by atoms with Gasteiger partial charge in [0.15, 0.2) is 0 Å². The molecule has 0 spiro atoms. The van der Waals surface area contributed by atoms with Gasteiger partial charge in [-0.3, -0.25) is 9.59 Å². The van der Waals surface area contributed by atoms with Crippen molar-refractivity contribution in [1.82, 2.24) is 5.32 Å². The second-order valence-corrected chi connectivity index (χ2v) is 5.02. The molecule has 1 saturated carbocycles. The molecular weight excluding hydrogens is 273 g/mol. The Morgan fingerprint density at radius 3 is 2.79 bits per heavy atom. The summed E-state index contributed by atoms with van der Waals surface area (Å²) in [5, 5.41) is 11.9. The van der Waals surface area contributed by atoms with Crippen LogP contribution in [-0.2, 0) is 4.79 Å². The monoisotopic (exact) mass is 285 g/mol. The van der Waals surface area contributed by atoms with Crippen LogP contribution >= 0.6 is 11.6 Å². The number of amides is 1. The number of carbonyl (C=O) groups is 2. The zero-order chi connectivity index (χ0) is 14.0. The summed E-state index contributed by atoms with van der Waals surface area (Å²) in [5.74, 6) is -2.84. The Morgan fingerprint density at radius 2 is 2.11 bits per heavy atom. The molecule has 1 aromatic carbocycles. The minimum absolute atomic E-state index is 0.163. The third kappa shape index (κ3) is 3.04. The zero-order valence-electron chi connectivity index (χ0n) is 10.0. The van der Waals surface area contributed by atoms with Crippen LogP contribution in [0.5, 0.6) is 0 Å². The van der Waals surface area contributed by atoms with Gasteiger partial charge in [0, 0.05) is 11.1 Å². The van der Waals surface area contributed by atoms with Crippen molar-refractivity contribution in [1.29, 1.82) is 0 Å². The topological polar surface area (TPSA) is 66.4 Å². The van der Waals surface area contributed by atoms with E-state index in [1.54, 1.807) is 0 Å². The fourth-order valence-electron chi connectivity index (χ4n) is 2.35. The van der Waals surface area contributed by atoms with Gasteiger partial charge in [0.1, 0.15) is 5.82 Å². The lowest BCUT2D eigenvalue weighted by molar-refractivity contribution is -0.142. The van der Waals surface area contributed by atoms with Crippen molar-refractivity contribution in [3.63, 3.8) is 0 Å². The maximum absolute atomic E-state index is 13.5. The van der Waals surface area contributed by atoms with Gasteiger partial charge in [0.25, 0.3) is 5.91 Å². The van der Waals surface area contributed by atoms with Crippen LogP contribution in [0.4, 0.5) is 4.39 Å². The summed E-state index contributed by atoms with van der Waals surface area (Å²) < 4.78 is 13.5. The summed E-state index contributed by atoms with van der Waals surface area (Å²) in [6.45, 7) is 0. The van der Waals surface area contributed by atoms with Crippen LogP contribution in [0.2, 0.25) is 5.02 Å². The van der Waals surface area contributed by atoms with E-state index in [9.17, 15) is 14.0 Å². The Labute approximate surface area is 114 Å². The molecule has 102 valence electrons. The second kappa shape index (κ2) is 5.57. The molecule has 0 radical (unpaired) electrons. The van der Waals surface area contributed by atoms with Gasteiger partial charge in [-0.15, -0.1) is 0 Å². The molecule has 0 bridgehead atoms. The number of nitrogens with one attached hydrogen (secondary N) is 1. The summed E-state index contributed by atoms with van der Waals surface area (Å²) in [6.07, 6.45) is 1.85. The summed E-state index contributed by atoms with van der Waals surface area (Å²) >= 11 is 5.72. The van der Waals surface area contributed by atoms with Crippen molar-refractivity contribution in [3.05, 3.63) is 34.6 Å². The molecule has 19 heavy (non-hydrogen) atoms. The molecule has 4 nitrogen and oxygen atoms in total. The lowest BCUT2D eigenvalue weighted by Gasteiger charge is -2.17. The molecule has 1 fully saturated rings. The molecule has 1 aromatic rings. The SMILES string of the molecule is O=C(NC1CCCC1C(=O)O)c1cc(Cl)ccc1F. The van der Waals surface area contributed by atoms with Gasteiger partial charge in [-0.1, -0.05) is 18.0 Å². The van der Waals surface area contributed by atoms with E-state index in [-0.39, 0.29) is 10.6 Å². The van der Waals surface area contributed by atoms with Crippen molar-refractivity contribution in [3.8, 4) is 0 Å². The number of rotatable bonds is 3. The number of benzene rings is 1. The van der Waals surface area contributed by atoms with Gasteiger partial charge in [-0.2, -0.15) is 0 Å². The minimum atomic E-state index is -0.936. The van der Waals surface area contributed by atoms with Crippen molar-refractivity contribution in [2.75, 3.05) is 0 Å². The summed E-state index contributed by atoms with van der Waals surface area (Å²) in [5.41, 5.74) is -0.163. The molecule has 0 aliphatic heterocycles. The molecule has 1 amide bonds. The fourth-order valence-corrected chi connectivity index (χ4v) is 2.52. The van der Waals surface area contributed by atoms with Crippen LogP contribution in [0.15, 0.2) is 18.2 Å². The molecule has 0 heterocycles. The van der Waals surface area contributed by atoms with Gasteiger partial charge in [0.2, 0.25) is 0 Å². The van der Waals surface area contributed by atoms with Gasteiger partial charge >= 0.3 is 5.97 Å². The van der Waals surface area contributed by atoms with Crippen LogP contribution in [0, 0.1) is 11.7 Å². The van der Waals surface area contributed by atoms with E-state index < -0.39 is 29.7 Å². The number of halogens is 2. The predicted molar refractivity (Wildman–Crippen MR) is 67.6 cm³/mol. The number of carbonyl (C=O) groups excluding carboxylic acids is 1. The number of hydrogen-bond donors (Lipinski definition) is 2. The van der Waals surface area contributed by atoms with E-state index in [2.05, 4.69) is 5.32 Å². The third-order valence-corrected chi connectivity index (χ3v) is 3.56. The van der Waals surface area contributed by atoms with E-state index in [0.717, 1.165) is 12.5 Å². The van der Waals surface area contributed by atoms with Gasteiger partial charge in [-0.25, -0.2) is 4.39 Å². The smallest absolute Gasteiger partial charge is 0.308 e. The van der Waals surface area contributed by atoms with E-state index in [4.69, 9.17) is 16.7 Å².